The van der Waals surface area contributed by atoms with Gasteiger partial charge in [0, 0.05) is 13.1 Å². The van der Waals surface area contributed by atoms with Crippen molar-refractivity contribution >= 4 is 11.9 Å². The second kappa shape index (κ2) is 7.53. The lowest BCUT2D eigenvalue weighted by atomic mass is 9.99. The van der Waals surface area contributed by atoms with Gasteiger partial charge in [-0.2, -0.15) is 0 Å². The minimum atomic E-state index is -0.515. The predicted molar refractivity (Wildman–Crippen MR) is 86.2 cm³/mol. The number of hydrogen-bond acceptors (Lipinski definition) is 5. The van der Waals surface area contributed by atoms with Crippen molar-refractivity contribution in [3.8, 4) is 0 Å². The van der Waals surface area contributed by atoms with E-state index in [1.54, 1.807) is 6.07 Å². The lowest BCUT2D eigenvalue weighted by molar-refractivity contribution is 0.0587. The Labute approximate surface area is 137 Å². The third-order valence-electron chi connectivity index (χ3n) is 4.04. The number of likely N-dealkylation sites (tertiary alicyclic amines) is 1. The normalized spacial score (nSPS) is 18.1. The van der Waals surface area contributed by atoms with Crippen LogP contribution in [-0.4, -0.2) is 47.2 Å². The molecule has 1 aliphatic rings. The number of ether oxygens (including phenoxy) is 1. The maximum atomic E-state index is 12.6. The van der Waals surface area contributed by atoms with Gasteiger partial charge < -0.3 is 9.64 Å². The Bertz CT molecular complexity index is 586. The first-order valence-corrected chi connectivity index (χ1v) is 8.16. The molecular weight excluding hydrogens is 294 g/mol. The lowest BCUT2D eigenvalue weighted by Crippen LogP contribution is -2.39. The molecule has 126 valence electrons. The molecule has 1 atom stereocenters. The number of nitrogens with zero attached hydrogens (tertiary/aromatic N) is 3. The Hall–Kier alpha value is -1.98. The molecule has 0 spiro atoms. The second-order valence-corrected chi connectivity index (χ2v) is 6.69. The van der Waals surface area contributed by atoms with Crippen molar-refractivity contribution in [2.24, 2.45) is 11.8 Å². The Balaban J connectivity index is 2.28. The average molecular weight is 319 g/mol. The first-order chi connectivity index (χ1) is 10.9. The molecule has 0 bridgehead atoms. The summed E-state index contributed by atoms with van der Waals surface area (Å²) in [5.41, 5.74) is 1.22. The Kier molecular flexibility index (Phi) is 5.69. The fraction of sp³-hybridized carbons (Fsp3) is 0.647. The summed E-state index contributed by atoms with van der Waals surface area (Å²) >= 11 is 0. The second-order valence-electron chi connectivity index (χ2n) is 6.69. The summed E-state index contributed by atoms with van der Waals surface area (Å²) in [4.78, 5) is 26.3. The van der Waals surface area contributed by atoms with Crippen LogP contribution in [0.2, 0.25) is 0 Å². The Morgan fingerprint density at radius 3 is 2.74 bits per heavy atom. The molecule has 1 amide bonds. The summed E-state index contributed by atoms with van der Waals surface area (Å²) in [5, 5.41) is 7.94. The number of methoxy groups -OCH3 is 1. The molecule has 0 aliphatic carbocycles. The number of carbonyl (C=O) groups excluding carboxylic acids is 2. The zero-order valence-electron chi connectivity index (χ0n) is 14.3. The fourth-order valence-corrected chi connectivity index (χ4v) is 2.93. The van der Waals surface area contributed by atoms with Crippen LogP contribution in [0.5, 0.6) is 0 Å². The summed E-state index contributed by atoms with van der Waals surface area (Å²) < 4.78 is 4.75. The van der Waals surface area contributed by atoms with Crippen LogP contribution in [0.1, 0.15) is 60.2 Å². The van der Waals surface area contributed by atoms with Crippen molar-refractivity contribution in [2.75, 3.05) is 20.2 Å². The minimum Gasteiger partial charge on any atom is -0.464 e. The van der Waals surface area contributed by atoms with E-state index in [0.717, 1.165) is 31.5 Å². The van der Waals surface area contributed by atoms with Gasteiger partial charge in [-0.05, 0) is 42.7 Å². The van der Waals surface area contributed by atoms with E-state index in [0.29, 0.717) is 24.0 Å². The smallest absolute Gasteiger partial charge is 0.358 e. The number of amides is 1. The van der Waals surface area contributed by atoms with Crippen molar-refractivity contribution in [1.29, 1.82) is 0 Å². The van der Waals surface area contributed by atoms with Crippen LogP contribution in [0.25, 0.3) is 0 Å². The summed E-state index contributed by atoms with van der Waals surface area (Å²) in [6, 6.07) is 1.70. The highest BCUT2D eigenvalue weighted by molar-refractivity contribution is 5.94. The third-order valence-corrected chi connectivity index (χ3v) is 4.04. The third kappa shape index (κ3) is 4.27. The lowest BCUT2D eigenvalue weighted by Gasteiger charge is -2.30. The van der Waals surface area contributed by atoms with E-state index in [2.05, 4.69) is 31.0 Å². The van der Waals surface area contributed by atoms with Crippen molar-refractivity contribution in [3.63, 3.8) is 0 Å². The highest BCUT2D eigenvalue weighted by Crippen LogP contribution is 2.19. The molecule has 0 saturated carbocycles. The maximum absolute atomic E-state index is 12.6. The van der Waals surface area contributed by atoms with Crippen LogP contribution < -0.4 is 0 Å². The minimum absolute atomic E-state index is 0.106. The number of esters is 1. The van der Waals surface area contributed by atoms with Gasteiger partial charge in [0.05, 0.1) is 7.11 Å². The van der Waals surface area contributed by atoms with Crippen LogP contribution in [-0.2, 0) is 11.2 Å². The van der Waals surface area contributed by atoms with Gasteiger partial charge in [-0.25, -0.2) is 4.79 Å². The summed E-state index contributed by atoms with van der Waals surface area (Å²) in [6.45, 7) is 7.75. The standard InChI is InChI=1S/C17H25N3O3/c1-11(2)8-13-9-14(18-19-15(13)17(22)23-4)16(21)20-7-5-6-12(3)10-20/h9,11-12H,5-8,10H2,1-4H3/t12-/m1/s1. The molecule has 6 nitrogen and oxygen atoms in total. The molecule has 0 unspecified atom stereocenters. The molecule has 0 aromatic carbocycles. The number of piperidine rings is 1. The van der Waals surface area contributed by atoms with Crippen LogP contribution in [0.15, 0.2) is 6.07 Å². The van der Waals surface area contributed by atoms with E-state index in [-0.39, 0.29) is 11.6 Å². The molecule has 23 heavy (non-hydrogen) atoms. The molecule has 6 heteroatoms. The molecular formula is C17H25N3O3. The summed E-state index contributed by atoms with van der Waals surface area (Å²) in [6.07, 6.45) is 2.81. The van der Waals surface area contributed by atoms with Crippen molar-refractivity contribution in [2.45, 2.75) is 40.0 Å². The van der Waals surface area contributed by atoms with E-state index in [1.807, 2.05) is 4.90 Å². The van der Waals surface area contributed by atoms with E-state index in [1.165, 1.54) is 7.11 Å². The van der Waals surface area contributed by atoms with Gasteiger partial charge in [0.15, 0.2) is 11.4 Å². The van der Waals surface area contributed by atoms with Crippen LogP contribution in [0.3, 0.4) is 0 Å². The molecule has 1 saturated heterocycles. The molecule has 0 radical (unpaired) electrons. The van der Waals surface area contributed by atoms with Gasteiger partial charge in [0.25, 0.3) is 5.91 Å². The van der Waals surface area contributed by atoms with Crippen LogP contribution in [0.4, 0.5) is 0 Å². The molecule has 2 rings (SSSR count). The van der Waals surface area contributed by atoms with E-state index < -0.39 is 5.97 Å². The maximum Gasteiger partial charge on any atom is 0.358 e. The molecule has 0 N–H and O–H groups in total. The molecule has 2 heterocycles. The van der Waals surface area contributed by atoms with Crippen molar-refractivity contribution < 1.29 is 14.3 Å². The van der Waals surface area contributed by atoms with Gasteiger partial charge >= 0.3 is 5.97 Å². The molecule has 1 aromatic rings. The molecule has 1 fully saturated rings. The predicted octanol–water partition coefficient (Wildman–Crippen LogP) is 2.33. The number of rotatable bonds is 4. The average Bonchev–Trinajstić information content (AvgIpc) is 2.52. The SMILES string of the molecule is COC(=O)c1nnc(C(=O)N2CCC[C@@H](C)C2)cc1CC(C)C. The van der Waals surface area contributed by atoms with Gasteiger partial charge in [0.2, 0.25) is 0 Å². The van der Waals surface area contributed by atoms with E-state index in [4.69, 9.17) is 4.74 Å². The van der Waals surface area contributed by atoms with E-state index in [9.17, 15) is 9.59 Å². The Morgan fingerprint density at radius 2 is 2.13 bits per heavy atom. The van der Waals surface area contributed by atoms with Crippen LogP contribution in [0, 0.1) is 11.8 Å². The highest BCUT2D eigenvalue weighted by Gasteiger charge is 2.25. The van der Waals surface area contributed by atoms with Gasteiger partial charge in [-0.3, -0.25) is 4.79 Å². The highest BCUT2D eigenvalue weighted by atomic mass is 16.5. The van der Waals surface area contributed by atoms with Gasteiger partial charge in [-0.15, -0.1) is 10.2 Å². The number of carbonyl (C=O) groups is 2. The number of aromatic nitrogens is 2. The van der Waals surface area contributed by atoms with E-state index >= 15 is 0 Å². The monoisotopic (exact) mass is 319 g/mol. The topological polar surface area (TPSA) is 72.4 Å². The fourth-order valence-electron chi connectivity index (χ4n) is 2.93. The van der Waals surface area contributed by atoms with Crippen molar-refractivity contribution in [3.05, 3.63) is 23.0 Å². The summed E-state index contributed by atoms with van der Waals surface area (Å²) in [5.74, 6) is 0.218. The first-order valence-electron chi connectivity index (χ1n) is 8.16. The summed E-state index contributed by atoms with van der Waals surface area (Å²) in [7, 11) is 1.32. The zero-order valence-corrected chi connectivity index (χ0v) is 14.3. The van der Waals surface area contributed by atoms with Crippen LogP contribution >= 0.6 is 0 Å². The largest absolute Gasteiger partial charge is 0.464 e. The van der Waals surface area contributed by atoms with Crippen molar-refractivity contribution in [1.82, 2.24) is 15.1 Å². The van der Waals surface area contributed by atoms with Gasteiger partial charge in [0.1, 0.15) is 0 Å². The zero-order chi connectivity index (χ0) is 17.0. The Morgan fingerprint density at radius 1 is 1.39 bits per heavy atom. The molecule has 1 aliphatic heterocycles. The quantitative estimate of drug-likeness (QED) is 0.797. The number of hydrogen-bond donors (Lipinski definition) is 0. The first kappa shape index (κ1) is 17.4. The molecule has 1 aromatic heterocycles. The van der Waals surface area contributed by atoms with Gasteiger partial charge in [-0.1, -0.05) is 20.8 Å².